The Morgan fingerprint density at radius 1 is 1.14 bits per heavy atom. The zero-order valence-corrected chi connectivity index (χ0v) is 17.3. The van der Waals surface area contributed by atoms with Gasteiger partial charge in [-0.25, -0.2) is 4.79 Å². The van der Waals surface area contributed by atoms with Gasteiger partial charge < -0.3 is 9.84 Å². The third kappa shape index (κ3) is 6.52. The van der Waals surface area contributed by atoms with Crippen molar-refractivity contribution in [2.75, 3.05) is 32.7 Å². The normalized spacial score (nSPS) is 15.4. The van der Waals surface area contributed by atoms with Gasteiger partial charge in [-0.1, -0.05) is 16.8 Å². The summed E-state index contributed by atoms with van der Waals surface area (Å²) in [5.74, 6) is 0.777. The van der Waals surface area contributed by atoms with Gasteiger partial charge in [0.25, 0.3) is 0 Å². The number of halogens is 1. The van der Waals surface area contributed by atoms with Gasteiger partial charge in [-0.05, 0) is 38.1 Å². The molecule has 0 unspecified atom stereocenters. The predicted molar refractivity (Wildman–Crippen MR) is 108 cm³/mol. The maximum atomic E-state index is 12.0. The smallest absolute Gasteiger partial charge is 0.321 e. The number of carbonyl (C=O) groups is 2. The highest BCUT2D eigenvalue weighted by molar-refractivity contribution is 6.30. The Kier molecular flexibility index (Phi) is 7.18. The molecule has 2 N–H and O–H groups in total. The lowest BCUT2D eigenvalue weighted by atomic mass is 10.2. The first-order valence-corrected chi connectivity index (χ1v) is 9.90. The molecule has 1 aliphatic heterocycles. The lowest BCUT2D eigenvalue weighted by molar-refractivity contribution is -0.121. The van der Waals surface area contributed by atoms with Crippen LogP contribution in [0.1, 0.15) is 19.7 Å². The molecule has 10 heteroatoms. The molecule has 2 aromatic rings. The minimum Gasteiger partial charge on any atom is -0.338 e. The van der Waals surface area contributed by atoms with Crippen LogP contribution >= 0.6 is 11.6 Å². The van der Waals surface area contributed by atoms with Gasteiger partial charge in [0.15, 0.2) is 0 Å². The van der Waals surface area contributed by atoms with Gasteiger partial charge in [0.1, 0.15) is 0 Å². The van der Waals surface area contributed by atoms with E-state index in [0.29, 0.717) is 23.3 Å². The monoisotopic (exact) mass is 420 g/mol. The first-order valence-electron chi connectivity index (χ1n) is 9.52. The van der Waals surface area contributed by atoms with Gasteiger partial charge in [-0.3, -0.25) is 19.9 Å². The second-order valence-corrected chi connectivity index (χ2v) is 7.68. The molecule has 1 fully saturated rings. The van der Waals surface area contributed by atoms with Crippen LogP contribution in [0.5, 0.6) is 0 Å². The van der Waals surface area contributed by atoms with Crippen molar-refractivity contribution in [1.29, 1.82) is 0 Å². The summed E-state index contributed by atoms with van der Waals surface area (Å²) in [7, 11) is 0. The molecule has 0 aliphatic carbocycles. The number of benzene rings is 1. The molecule has 9 nitrogen and oxygen atoms in total. The lowest BCUT2D eigenvalue weighted by Gasteiger charge is -2.33. The van der Waals surface area contributed by atoms with E-state index in [1.165, 1.54) is 0 Å². The molecule has 0 spiro atoms. The van der Waals surface area contributed by atoms with E-state index in [1.54, 1.807) is 12.1 Å². The molecule has 2 heterocycles. The molecule has 0 bridgehead atoms. The number of amides is 3. The van der Waals surface area contributed by atoms with Gasteiger partial charge >= 0.3 is 6.03 Å². The molecule has 1 aromatic heterocycles. The minimum absolute atomic E-state index is 0.0174. The van der Waals surface area contributed by atoms with Crippen LogP contribution in [0.25, 0.3) is 11.4 Å². The summed E-state index contributed by atoms with van der Waals surface area (Å²) in [6, 6.07) is 6.79. The van der Waals surface area contributed by atoms with Crippen LogP contribution in [0.4, 0.5) is 4.79 Å². The molecule has 1 aliphatic rings. The topological polar surface area (TPSA) is 104 Å². The van der Waals surface area contributed by atoms with E-state index >= 15 is 0 Å². The Labute approximate surface area is 174 Å². The second-order valence-electron chi connectivity index (χ2n) is 7.25. The van der Waals surface area contributed by atoms with E-state index in [1.807, 2.05) is 30.9 Å². The molecular formula is C19H25ClN6O3. The van der Waals surface area contributed by atoms with Gasteiger partial charge in [0.05, 0.1) is 13.1 Å². The fraction of sp³-hybridized carbons (Fsp3) is 0.474. The van der Waals surface area contributed by atoms with E-state index in [2.05, 4.69) is 25.7 Å². The standard InChI is InChI=1S/C19H25ClN6O3/c1-13(2)21-19(28)22-16(27)11-25-7-9-26(10-8-25)12-17-23-18(24-29-17)14-3-5-15(20)6-4-14/h3-6,13H,7-12H2,1-2H3,(H2,21,22,27,28). The minimum atomic E-state index is -0.462. The molecule has 1 saturated heterocycles. The highest BCUT2D eigenvalue weighted by Gasteiger charge is 2.21. The first-order chi connectivity index (χ1) is 13.9. The Balaban J connectivity index is 1.42. The van der Waals surface area contributed by atoms with Gasteiger partial charge in [-0.2, -0.15) is 4.98 Å². The van der Waals surface area contributed by atoms with Gasteiger partial charge in [0.2, 0.25) is 17.6 Å². The van der Waals surface area contributed by atoms with Crippen LogP contribution in [0, 0.1) is 0 Å². The molecule has 156 valence electrons. The molecule has 29 heavy (non-hydrogen) atoms. The Morgan fingerprint density at radius 2 is 1.79 bits per heavy atom. The number of hydrogen-bond acceptors (Lipinski definition) is 7. The quantitative estimate of drug-likeness (QED) is 0.733. The van der Waals surface area contributed by atoms with Crippen LogP contribution in [-0.4, -0.2) is 70.6 Å². The number of rotatable bonds is 6. The zero-order chi connectivity index (χ0) is 20.8. The summed E-state index contributed by atoms with van der Waals surface area (Å²) in [5.41, 5.74) is 0.849. The lowest BCUT2D eigenvalue weighted by Crippen LogP contribution is -2.51. The molecule has 3 rings (SSSR count). The molecule has 0 atom stereocenters. The van der Waals surface area contributed by atoms with Crippen molar-refractivity contribution in [1.82, 2.24) is 30.6 Å². The summed E-state index contributed by atoms with van der Waals surface area (Å²) in [4.78, 5) is 32.2. The molecule has 0 radical (unpaired) electrons. The van der Waals surface area contributed by atoms with E-state index < -0.39 is 6.03 Å². The maximum Gasteiger partial charge on any atom is 0.321 e. The van der Waals surface area contributed by atoms with Crippen molar-refractivity contribution in [3.05, 3.63) is 35.2 Å². The van der Waals surface area contributed by atoms with Crippen molar-refractivity contribution in [2.24, 2.45) is 0 Å². The van der Waals surface area contributed by atoms with Crippen LogP contribution < -0.4 is 10.6 Å². The maximum absolute atomic E-state index is 12.0. The summed E-state index contributed by atoms with van der Waals surface area (Å²) in [5, 5.41) is 9.66. The van der Waals surface area contributed by atoms with Crippen LogP contribution in [-0.2, 0) is 11.3 Å². The number of nitrogens with zero attached hydrogens (tertiary/aromatic N) is 4. The molecule has 3 amide bonds. The average Bonchev–Trinajstić information content (AvgIpc) is 3.11. The van der Waals surface area contributed by atoms with Crippen molar-refractivity contribution in [2.45, 2.75) is 26.4 Å². The number of hydrogen-bond donors (Lipinski definition) is 2. The van der Waals surface area contributed by atoms with E-state index in [-0.39, 0.29) is 18.5 Å². The van der Waals surface area contributed by atoms with Gasteiger partial charge in [0, 0.05) is 42.8 Å². The molecule has 1 aromatic carbocycles. The van der Waals surface area contributed by atoms with E-state index in [0.717, 1.165) is 31.7 Å². The third-order valence-electron chi connectivity index (χ3n) is 4.43. The number of urea groups is 1. The number of nitrogens with one attached hydrogen (secondary N) is 2. The predicted octanol–water partition coefficient (Wildman–Crippen LogP) is 1.74. The summed E-state index contributed by atoms with van der Waals surface area (Å²) >= 11 is 5.90. The Hall–Kier alpha value is -2.49. The molecule has 0 saturated carbocycles. The van der Waals surface area contributed by atoms with Crippen molar-refractivity contribution in [3.8, 4) is 11.4 Å². The highest BCUT2D eigenvalue weighted by Crippen LogP contribution is 2.19. The second kappa shape index (κ2) is 9.82. The third-order valence-corrected chi connectivity index (χ3v) is 4.69. The van der Waals surface area contributed by atoms with Crippen LogP contribution in [0.2, 0.25) is 5.02 Å². The van der Waals surface area contributed by atoms with Crippen molar-refractivity contribution >= 4 is 23.5 Å². The average molecular weight is 421 g/mol. The molecular weight excluding hydrogens is 396 g/mol. The summed E-state index contributed by atoms with van der Waals surface area (Å²) in [6.07, 6.45) is 0. The number of imide groups is 1. The Morgan fingerprint density at radius 3 is 2.45 bits per heavy atom. The van der Waals surface area contributed by atoms with Crippen LogP contribution in [0.3, 0.4) is 0 Å². The fourth-order valence-electron chi connectivity index (χ4n) is 3.00. The number of aromatic nitrogens is 2. The van der Waals surface area contributed by atoms with Crippen molar-refractivity contribution in [3.63, 3.8) is 0 Å². The van der Waals surface area contributed by atoms with Gasteiger partial charge in [-0.15, -0.1) is 0 Å². The van der Waals surface area contributed by atoms with Crippen molar-refractivity contribution < 1.29 is 14.1 Å². The summed E-state index contributed by atoms with van der Waals surface area (Å²) in [6.45, 7) is 7.40. The Bertz CT molecular complexity index is 831. The van der Waals surface area contributed by atoms with E-state index in [9.17, 15) is 9.59 Å². The largest absolute Gasteiger partial charge is 0.338 e. The fourth-order valence-corrected chi connectivity index (χ4v) is 3.13. The summed E-state index contributed by atoms with van der Waals surface area (Å²) < 4.78 is 5.36. The highest BCUT2D eigenvalue weighted by atomic mass is 35.5. The number of carbonyl (C=O) groups excluding carboxylic acids is 2. The zero-order valence-electron chi connectivity index (χ0n) is 16.5. The number of piperazine rings is 1. The van der Waals surface area contributed by atoms with E-state index in [4.69, 9.17) is 16.1 Å². The first kappa shape index (κ1) is 21.2. The SMILES string of the molecule is CC(C)NC(=O)NC(=O)CN1CCN(Cc2nc(-c3ccc(Cl)cc3)no2)CC1. The van der Waals surface area contributed by atoms with Crippen LogP contribution in [0.15, 0.2) is 28.8 Å².